The average molecular weight is 623 g/mol. The Hall–Kier alpha value is -1.07. The molecular formula is C20H23BrF3NO7S3. The van der Waals surface area contributed by atoms with Gasteiger partial charge in [0.15, 0.2) is 10.1 Å². The monoisotopic (exact) mass is 621 g/mol. The summed E-state index contributed by atoms with van der Waals surface area (Å²) in [7, 11) is -1.60. The van der Waals surface area contributed by atoms with Crippen LogP contribution in [0.3, 0.4) is 0 Å². The van der Waals surface area contributed by atoms with Crippen molar-refractivity contribution in [3.05, 3.63) is 44.8 Å². The van der Waals surface area contributed by atoms with Gasteiger partial charge in [-0.1, -0.05) is 12.1 Å². The van der Waals surface area contributed by atoms with E-state index in [1.165, 1.54) is 22.7 Å². The minimum atomic E-state index is -6.09. The molecule has 0 amide bonds. The number of quaternary nitrogens is 1. The fraction of sp³-hybridized carbons (Fsp3) is 0.550. The molecule has 0 spiro atoms. The first kappa shape index (κ1) is 28.5. The molecule has 5 rings (SSSR count). The number of carbonyl (C=O) groups is 1. The minimum Gasteiger partial charge on any atom is -0.741 e. The molecular weight excluding hydrogens is 599 g/mol. The van der Waals surface area contributed by atoms with Crippen molar-refractivity contribution in [2.45, 2.75) is 54.3 Å². The van der Waals surface area contributed by atoms with Gasteiger partial charge in [0.05, 0.1) is 23.8 Å². The second kappa shape index (κ2) is 9.67. The zero-order valence-corrected chi connectivity index (χ0v) is 22.5. The Morgan fingerprint density at radius 1 is 1.11 bits per heavy atom. The number of epoxide rings is 1. The Labute approximate surface area is 218 Å². The lowest BCUT2D eigenvalue weighted by atomic mass is 9.95. The van der Waals surface area contributed by atoms with E-state index in [0.717, 1.165) is 17.3 Å². The van der Waals surface area contributed by atoms with Crippen LogP contribution in [0.2, 0.25) is 0 Å². The van der Waals surface area contributed by atoms with Gasteiger partial charge in [-0.15, -0.1) is 39.7 Å². The van der Waals surface area contributed by atoms with Gasteiger partial charge in [-0.25, -0.2) is 13.2 Å². The van der Waals surface area contributed by atoms with Crippen molar-refractivity contribution >= 4 is 55.7 Å². The molecule has 0 aromatic carbocycles. The van der Waals surface area contributed by atoms with Crippen LogP contribution in [0, 0.1) is 0 Å². The molecule has 15 heteroatoms. The van der Waals surface area contributed by atoms with E-state index in [0.29, 0.717) is 34.0 Å². The molecule has 1 unspecified atom stereocenters. The van der Waals surface area contributed by atoms with E-state index in [-0.39, 0.29) is 23.1 Å². The number of piperidine rings is 1. The highest BCUT2D eigenvalue weighted by Gasteiger charge is 2.71. The van der Waals surface area contributed by atoms with Gasteiger partial charge >= 0.3 is 11.5 Å². The lowest BCUT2D eigenvalue weighted by molar-refractivity contribution is -0.938. The van der Waals surface area contributed by atoms with Crippen LogP contribution in [0.1, 0.15) is 22.6 Å². The maximum atomic E-state index is 13.1. The topological polar surface area (TPSA) is 116 Å². The fourth-order valence-electron chi connectivity index (χ4n) is 4.83. The first-order chi connectivity index (χ1) is 15.7. The molecule has 2 aromatic rings. The second-order valence-electron chi connectivity index (χ2n) is 8.89. The van der Waals surface area contributed by atoms with Gasteiger partial charge in [0, 0.05) is 12.8 Å². The van der Waals surface area contributed by atoms with Gasteiger partial charge in [0.1, 0.15) is 30.4 Å². The number of aliphatic hydroxyl groups is 1. The largest absolute Gasteiger partial charge is 0.741 e. The van der Waals surface area contributed by atoms with Crippen LogP contribution in [0.5, 0.6) is 0 Å². The van der Waals surface area contributed by atoms with E-state index < -0.39 is 27.2 Å². The van der Waals surface area contributed by atoms with E-state index in [1.807, 2.05) is 22.9 Å². The van der Waals surface area contributed by atoms with Crippen LogP contribution in [0.25, 0.3) is 0 Å². The molecule has 2 aromatic heterocycles. The molecule has 3 aliphatic rings. The minimum absolute atomic E-state index is 0. The van der Waals surface area contributed by atoms with Gasteiger partial charge in [-0.3, -0.25) is 0 Å². The molecule has 0 saturated carbocycles. The number of hydrogen-bond donors (Lipinski definition) is 1. The number of hydrogen-bond acceptors (Lipinski definition) is 9. The summed E-state index contributed by atoms with van der Waals surface area (Å²) in [5.41, 5.74) is -7.37. The molecule has 2 bridgehead atoms. The third-order valence-electron chi connectivity index (χ3n) is 6.65. The van der Waals surface area contributed by atoms with Gasteiger partial charge in [0.2, 0.25) is 5.60 Å². The second-order valence-corrected chi connectivity index (χ2v) is 12.2. The lowest BCUT2D eigenvalue weighted by Gasteiger charge is -2.45. The maximum Gasteiger partial charge on any atom is 0.485 e. The standard InChI is InChI=1S/C19H22NO4S2.CHF3O3S.BrH/c1-20(2)12-9-11(10-13(20)17-16(12)24-17)23-18(21)19(22,14-5-3-7-25-14)15-6-4-8-26-15;2-1(3,4)8(5,6)7;/h3-8,11-13,16-17,22H,9-10H2,1-2H3;(H,5,6,7);1H/q+1;;/p-1/t11?,12-,13+,16-,17+;;. The third kappa shape index (κ3) is 5.19. The summed E-state index contributed by atoms with van der Waals surface area (Å²) in [5.74, 6) is -0.561. The van der Waals surface area contributed by atoms with Crippen LogP contribution in [0.4, 0.5) is 13.2 Å². The zero-order chi connectivity index (χ0) is 25.1. The maximum absolute atomic E-state index is 13.1. The molecule has 8 nitrogen and oxygen atoms in total. The number of fused-ring (bicyclic) bond motifs is 5. The fourth-order valence-corrected chi connectivity index (χ4v) is 6.54. The Bertz CT molecular complexity index is 1090. The van der Waals surface area contributed by atoms with E-state index in [1.54, 1.807) is 12.1 Å². The quantitative estimate of drug-likeness (QED) is 0.183. The molecule has 5 atom stereocenters. The summed E-state index contributed by atoms with van der Waals surface area (Å²) in [6.45, 7) is 0. The van der Waals surface area contributed by atoms with Gasteiger partial charge in [-0.05, 0) is 22.9 Å². The highest BCUT2D eigenvalue weighted by molar-refractivity contribution is 8.93. The molecule has 3 fully saturated rings. The number of nitrogens with zero attached hydrogens (tertiary/aromatic N) is 1. The Kier molecular flexibility index (Phi) is 7.87. The predicted octanol–water partition coefficient (Wildman–Crippen LogP) is 2.98. The smallest absolute Gasteiger partial charge is 0.485 e. The number of likely N-dealkylation sites (N-methyl/N-ethyl adjacent to an activating group) is 1. The molecule has 0 radical (unpaired) electrons. The van der Waals surface area contributed by atoms with Gasteiger partial charge in [-0.2, -0.15) is 13.2 Å². The molecule has 5 heterocycles. The summed E-state index contributed by atoms with van der Waals surface area (Å²) >= 11 is 2.74. The summed E-state index contributed by atoms with van der Waals surface area (Å²) in [6.07, 6.45) is 2.05. The van der Waals surface area contributed by atoms with Crippen LogP contribution >= 0.6 is 39.7 Å². The van der Waals surface area contributed by atoms with Crippen molar-refractivity contribution < 1.29 is 50.0 Å². The number of ether oxygens (including phenoxy) is 2. The number of morpholine rings is 1. The van der Waals surface area contributed by atoms with Gasteiger partial charge < -0.3 is 23.6 Å². The van der Waals surface area contributed by atoms with Crippen LogP contribution in [-0.4, -0.2) is 78.5 Å². The number of rotatable bonds is 4. The molecule has 1 N–H and O–H groups in total. The number of thiophene rings is 2. The van der Waals surface area contributed by atoms with Crippen molar-refractivity contribution in [1.82, 2.24) is 0 Å². The van der Waals surface area contributed by atoms with Crippen molar-refractivity contribution in [2.24, 2.45) is 0 Å². The van der Waals surface area contributed by atoms with Crippen molar-refractivity contribution in [2.75, 3.05) is 14.1 Å². The first-order valence-corrected chi connectivity index (χ1v) is 13.4. The molecule has 196 valence electrons. The summed E-state index contributed by atoms with van der Waals surface area (Å²) < 4.78 is 71.5. The molecule has 0 aliphatic carbocycles. The Morgan fingerprint density at radius 3 is 1.89 bits per heavy atom. The van der Waals surface area contributed by atoms with Crippen LogP contribution in [0.15, 0.2) is 35.0 Å². The van der Waals surface area contributed by atoms with E-state index in [4.69, 9.17) is 22.4 Å². The Balaban J connectivity index is 0.000000332. The molecule has 3 aliphatic heterocycles. The lowest BCUT2D eigenvalue weighted by Crippen LogP contribution is -2.60. The highest BCUT2D eigenvalue weighted by atomic mass is 79.9. The van der Waals surface area contributed by atoms with Crippen molar-refractivity contribution in [1.29, 1.82) is 0 Å². The predicted molar refractivity (Wildman–Crippen MR) is 125 cm³/mol. The average Bonchev–Trinajstić information content (AvgIpc) is 3.08. The van der Waals surface area contributed by atoms with E-state index in [9.17, 15) is 23.1 Å². The normalized spacial score (nSPS) is 28.7. The number of alkyl halides is 3. The van der Waals surface area contributed by atoms with Gasteiger partial charge in [0.25, 0.3) is 0 Å². The zero-order valence-electron chi connectivity index (χ0n) is 18.4. The van der Waals surface area contributed by atoms with Crippen LogP contribution in [-0.2, 0) is 30.0 Å². The van der Waals surface area contributed by atoms with Crippen molar-refractivity contribution in [3.8, 4) is 0 Å². The van der Waals surface area contributed by atoms with Crippen molar-refractivity contribution in [3.63, 3.8) is 0 Å². The Morgan fingerprint density at radius 2 is 1.54 bits per heavy atom. The summed E-state index contributed by atoms with van der Waals surface area (Å²) in [4.78, 5) is 14.3. The molecule has 3 saturated heterocycles. The number of esters is 1. The third-order valence-corrected chi connectivity index (χ3v) is 9.17. The SMILES string of the molecule is Br.C[N+]1(C)[C@@H]2CC(OC(=O)C(O)(c3cccs3)c3cccs3)C[C@H]1[C@@H]1O[C@@H]12.O=S(=O)([O-])C(F)(F)F. The van der Waals surface area contributed by atoms with E-state index in [2.05, 4.69) is 14.1 Å². The first-order valence-electron chi connectivity index (χ1n) is 10.2. The van der Waals surface area contributed by atoms with Crippen LogP contribution < -0.4 is 0 Å². The summed E-state index contributed by atoms with van der Waals surface area (Å²) in [6, 6.07) is 8.01. The number of carbonyl (C=O) groups excluding carboxylic acids is 1. The number of halogens is 4. The highest BCUT2D eigenvalue weighted by Crippen LogP contribution is 2.52. The summed E-state index contributed by atoms with van der Waals surface area (Å²) in [5, 5.41) is 15.1. The molecule has 35 heavy (non-hydrogen) atoms. The van der Waals surface area contributed by atoms with E-state index >= 15 is 0 Å².